The molecule has 0 atom stereocenters. The number of nitrogens with two attached hydrogens (primary N) is 1. The van der Waals surface area contributed by atoms with Crippen LogP contribution in [0.15, 0.2) is 38.3 Å². The largest absolute Gasteiger partial charge is 0.389 e. The number of anilines is 1. The third-order valence-electron chi connectivity index (χ3n) is 2.31. The summed E-state index contributed by atoms with van der Waals surface area (Å²) < 4.78 is 27.7. The smallest absolute Gasteiger partial charge is 0.271 e. The molecular weight excluding hydrogens is 404 g/mol. The third-order valence-corrected chi connectivity index (χ3v) is 6.35. The molecule has 0 aliphatic heterocycles. The molecule has 1 aromatic carbocycles. The van der Waals surface area contributed by atoms with Crippen molar-refractivity contribution in [3.05, 3.63) is 44.7 Å². The second-order valence-corrected chi connectivity index (χ2v) is 8.94. The minimum atomic E-state index is -3.69. The van der Waals surface area contributed by atoms with E-state index in [0.29, 0.717) is 5.56 Å². The lowest BCUT2D eigenvalue weighted by atomic mass is 10.2. The molecule has 1 heterocycles. The molecule has 0 bridgehead atoms. The molecule has 0 saturated carbocycles. The number of nitrogens with one attached hydrogen (secondary N) is 1. The predicted molar refractivity (Wildman–Crippen MR) is 90.2 cm³/mol. The van der Waals surface area contributed by atoms with Crippen molar-refractivity contribution >= 4 is 71.8 Å². The van der Waals surface area contributed by atoms with Crippen molar-refractivity contribution in [3.8, 4) is 0 Å². The van der Waals surface area contributed by atoms with E-state index in [-0.39, 0.29) is 19.9 Å². The first kappa shape index (κ1) is 15.7. The van der Waals surface area contributed by atoms with Crippen LogP contribution in [-0.4, -0.2) is 13.4 Å². The molecule has 106 valence electrons. The third kappa shape index (κ3) is 3.50. The summed E-state index contributed by atoms with van der Waals surface area (Å²) in [5.41, 5.74) is 6.29. The van der Waals surface area contributed by atoms with Crippen molar-refractivity contribution in [3.63, 3.8) is 0 Å². The Morgan fingerprint density at radius 3 is 2.60 bits per heavy atom. The van der Waals surface area contributed by atoms with Gasteiger partial charge in [-0.15, -0.1) is 11.3 Å². The zero-order valence-electron chi connectivity index (χ0n) is 9.76. The molecule has 20 heavy (non-hydrogen) atoms. The predicted octanol–water partition coefficient (Wildman–Crippen LogP) is 3.60. The van der Waals surface area contributed by atoms with Gasteiger partial charge in [0.25, 0.3) is 10.0 Å². The van der Waals surface area contributed by atoms with Gasteiger partial charge in [0, 0.05) is 5.56 Å². The number of sulfonamides is 1. The summed E-state index contributed by atoms with van der Waals surface area (Å²) in [5.74, 6) is 0. The summed E-state index contributed by atoms with van der Waals surface area (Å²) in [4.78, 5) is 0.168. The molecule has 1 aromatic heterocycles. The van der Waals surface area contributed by atoms with Gasteiger partial charge in [0.2, 0.25) is 0 Å². The molecule has 0 fully saturated rings. The summed E-state index contributed by atoms with van der Waals surface area (Å²) in [5, 5.41) is 0.268. The van der Waals surface area contributed by atoms with Gasteiger partial charge in [0.15, 0.2) is 0 Å². The summed E-state index contributed by atoms with van der Waals surface area (Å²) >= 11 is 15.2. The summed E-state index contributed by atoms with van der Waals surface area (Å²) in [6.45, 7) is 0. The Morgan fingerprint density at radius 1 is 1.35 bits per heavy atom. The number of thiocarbonyl (C=S) groups is 1. The fourth-order valence-electron chi connectivity index (χ4n) is 1.39. The van der Waals surface area contributed by atoms with E-state index in [1.165, 1.54) is 18.2 Å². The maximum absolute atomic E-state index is 12.2. The van der Waals surface area contributed by atoms with Gasteiger partial charge in [-0.05, 0) is 40.2 Å². The van der Waals surface area contributed by atoms with Gasteiger partial charge in [-0.3, -0.25) is 4.72 Å². The van der Waals surface area contributed by atoms with E-state index in [2.05, 4.69) is 20.7 Å². The topological polar surface area (TPSA) is 72.2 Å². The van der Waals surface area contributed by atoms with Crippen LogP contribution in [0.2, 0.25) is 5.02 Å². The molecule has 4 nitrogen and oxygen atoms in total. The monoisotopic (exact) mass is 410 g/mol. The van der Waals surface area contributed by atoms with Gasteiger partial charge in [0.1, 0.15) is 9.20 Å². The highest BCUT2D eigenvalue weighted by atomic mass is 79.9. The fourth-order valence-corrected chi connectivity index (χ4v) is 4.82. The first-order valence-electron chi connectivity index (χ1n) is 5.17. The van der Waals surface area contributed by atoms with E-state index in [0.717, 1.165) is 15.1 Å². The average Bonchev–Trinajstić information content (AvgIpc) is 2.79. The van der Waals surface area contributed by atoms with Crippen LogP contribution in [0.3, 0.4) is 0 Å². The molecule has 2 rings (SSSR count). The summed E-state index contributed by atoms with van der Waals surface area (Å²) in [7, 11) is -3.69. The molecule has 0 aliphatic rings. The lowest BCUT2D eigenvalue weighted by Gasteiger charge is -2.09. The summed E-state index contributed by atoms with van der Waals surface area (Å²) in [6, 6.07) is 7.84. The molecule has 0 saturated heterocycles. The first-order chi connectivity index (χ1) is 9.29. The van der Waals surface area contributed by atoms with Gasteiger partial charge in [-0.1, -0.05) is 29.9 Å². The van der Waals surface area contributed by atoms with Crippen molar-refractivity contribution in [2.24, 2.45) is 5.73 Å². The zero-order valence-corrected chi connectivity index (χ0v) is 14.6. The van der Waals surface area contributed by atoms with Crippen LogP contribution in [0, 0.1) is 0 Å². The number of thiophene rings is 1. The first-order valence-corrected chi connectivity index (χ1v) is 9.05. The van der Waals surface area contributed by atoms with Gasteiger partial charge in [0.05, 0.1) is 14.5 Å². The van der Waals surface area contributed by atoms with Crippen LogP contribution in [0.1, 0.15) is 5.56 Å². The molecule has 0 spiro atoms. The maximum Gasteiger partial charge on any atom is 0.271 e. The Bertz CT molecular complexity index is 774. The number of rotatable bonds is 4. The highest BCUT2D eigenvalue weighted by Crippen LogP contribution is 2.30. The number of hydrogen-bond acceptors (Lipinski definition) is 4. The fraction of sp³-hybridized carbons (Fsp3) is 0. The Hall–Kier alpha value is -0.670. The minimum absolute atomic E-state index is 0.168. The SMILES string of the molecule is NC(=S)c1ccc(Cl)c(NS(=O)(=O)c2ccc(Br)s2)c1. The molecule has 0 radical (unpaired) electrons. The van der Waals surface area contributed by atoms with Gasteiger partial charge in [-0.2, -0.15) is 0 Å². The van der Waals surface area contributed by atoms with E-state index in [4.69, 9.17) is 29.6 Å². The van der Waals surface area contributed by atoms with E-state index in [1.807, 2.05) is 0 Å². The van der Waals surface area contributed by atoms with E-state index >= 15 is 0 Å². The van der Waals surface area contributed by atoms with Crippen molar-refractivity contribution < 1.29 is 8.42 Å². The van der Waals surface area contributed by atoms with Crippen molar-refractivity contribution in [1.82, 2.24) is 0 Å². The molecule has 0 aliphatic carbocycles. The molecule has 9 heteroatoms. The Balaban J connectivity index is 2.39. The van der Waals surface area contributed by atoms with Gasteiger partial charge >= 0.3 is 0 Å². The highest BCUT2D eigenvalue weighted by Gasteiger charge is 2.18. The Morgan fingerprint density at radius 2 is 2.05 bits per heavy atom. The van der Waals surface area contributed by atoms with Crippen molar-refractivity contribution in [1.29, 1.82) is 0 Å². The van der Waals surface area contributed by atoms with Gasteiger partial charge in [-0.25, -0.2) is 8.42 Å². The summed E-state index contributed by atoms with van der Waals surface area (Å²) in [6.07, 6.45) is 0. The minimum Gasteiger partial charge on any atom is -0.389 e. The van der Waals surface area contributed by atoms with Crippen LogP contribution in [-0.2, 0) is 10.0 Å². The maximum atomic E-state index is 12.2. The molecule has 3 N–H and O–H groups in total. The standard InChI is InChI=1S/C11H8BrClN2O2S3/c12-9-3-4-10(19-9)20(16,17)15-8-5-6(11(14)18)1-2-7(8)13/h1-5,15H,(H2,14,18). The average molecular weight is 412 g/mol. The quantitative estimate of drug-likeness (QED) is 0.754. The number of hydrogen-bond donors (Lipinski definition) is 2. The molecule has 0 amide bonds. The van der Waals surface area contributed by atoms with E-state index < -0.39 is 10.0 Å². The molecular formula is C11H8BrClN2O2S3. The van der Waals surface area contributed by atoms with Crippen LogP contribution >= 0.6 is 51.1 Å². The van der Waals surface area contributed by atoms with Crippen LogP contribution < -0.4 is 10.5 Å². The molecule has 0 unspecified atom stereocenters. The van der Waals surface area contributed by atoms with E-state index in [1.54, 1.807) is 12.1 Å². The van der Waals surface area contributed by atoms with Crippen molar-refractivity contribution in [2.75, 3.05) is 4.72 Å². The lowest BCUT2D eigenvalue weighted by Crippen LogP contribution is -2.14. The number of benzene rings is 1. The van der Waals surface area contributed by atoms with Gasteiger partial charge < -0.3 is 5.73 Å². The highest BCUT2D eigenvalue weighted by molar-refractivity contribution is 9.11. The second-order valence-electron chi connectivity index (χ2n) is 3.72. The van der Waals surface area contributed by atoms with Crippen molar-refractivity contribution in [2.45, 2.75) is 4.21 Å². The normalized spacial score (nSPS) is 11.3. The van der Waals surface area contributed by atoms with Crippen LogP contribution in [0.4, 0.5) is 5.69 Å². The Kier molecular flexibility index (Phi) is 4.70. The second kappa shape index (κ2) is 5.98. The van der Waals surface area contributed by atoms with E-state index in [9.17, 15) is 8.42 Å². The molecule has 2 aromatic rings. The number of halogens is 2. The Labute approximate surface area is 139 Å². The lowest BCUT2D eigenvalue weighted by molar-refractivity contribution is 0.603. The zero-order chi connectivity index (χ0) is 14.9. The van der Waals surface area contributed by atoms with Crippen LogP contribution in [0.25, 0.3) is 0 Å². The van der Waals surface area contributed by atoms with Crippen LogP contribution in [0.5, 0.6) is 0 Å².